The Hall–Kier alpha value is -4.34. The van der Waals surface area contributed by atoms with Gasteiger partial charge >= 0.3 is 12.1 Å². The number of benzene rings is 1. The van der Waals surface area contributed by atoms with E-state index in [0.29, 0.717) is 46.3 Å². The Balaban J connectivity index is 1.80. The van der Waals surface area contributed by atoms with Crippen molar-refractivity contribution in [3.63, 3.8) is 0 Å². The van der Waals surface area contributed by atoms with Gasteiger partial charge in [0.25, 0.3) is 0 Å². The number of hydrogen-bond acceptors (Lipinski definition) is 4. The van der Waals surface area contributed by atoms with Crippen LogP contribution < -0.4 is 0 Å². The van der Waals surface area contributed by atoms with Crippen molar-refractivity contribution in [1.82, 2.24) is 20.2 Å². The summed E-state index contributed by atoms with van der Waals surface area (Å²) in [5, 5.41) is 15.3. The highest BCUT2D eigenvalue weighted by Crippen LogP contribution is 2.47. The molecule has 4 aromatic rings. The summed E-state index contributed by atoms with van der Waals surface area (Å²) in [6.45, 7) is 0. The first-order chi connectivity index (χ1) is 17.7. The van der Waals surface area contributed by atoms with Crippen molar-refractivity contribution in [2.24, 2.45) is 5.92 Å². The maximum absolute atomic E-state index is 14.4. The predicted molar refractivity (Wildman–Crippen MR) is 129 cm³/mol. The molecule has 1 aliphatic rings. The fraction of sp³-hybridized carbons (Fsp3) is 0.185. The summed E-state index contributed by atoms with van der Waals surface area (Å²) in [7, 11) is 0. The number of pyridine rings is 2. The Labute approximate surface area is 208 Å². The van der Waals surface area contributed by atoms with Gasteiger partial charge in [0.15, 0.2) is 0 Å². The Bertz CT molecular complexity index is 1530. The van der Waals surface area contributed by atoms with E-state index in [1.165, 1.54) is 24.5 Å². The first-order valence-electron chi connectivity index (χ1n) is 11.5. The van der Waals surface area contributed by atoms with Crippen LogP contribution in [0.3, 0.4) is 0 Å². The van der Waals surface area contributed by atoms with Crippen LogP contribution in [-0.4, -0.2) is 31.2 Å². The second-order valence-corrected chi connectivity index (χ2v) is 8.73. The third-order valence-corrected chi connectivity index (χ3v) is 6.42. The molecule has 1 fully saturated rings. The van der Waals surface area contributed by atoms with Crippen LogP contribution in [0.4, 0.5) is 17.6 Å². The number of alkyl halides is 3. The van der Waals surface area contributed by atoms with Gasteiger partial charge in [0.1, 0.15) is 0 Å². The van der Waals surface area contributed by atoms with Gasteiger partial charge in [-0.05, 0) is 71.9 Å². The van der Waals surface area contributed by atoms with Gasteiger partial charge in [-0.25, -0.2) is 4.79 Å². The van der Waals surface area contributed by atoms with Gasteiger partial charge in [0.05, 0.1) is 27.9 Å². The van der Waals surface area contributed by atoms with Crippen LogP contribution in [0.2, 0.25) is 0 Å². The molecule has 5 rings (SSSR count). The van der Waals surface area contributed by atoms with Crippen LogP contribution in [-0.2, 0) is 11.0 Å². The van der Waals surface area contributed by atoms with Gasteiger partial charge in [0.2, 0.25) is 5.95 Å². The second-order valence-electron chi connectivity index (χ2n) is 8.73. The lowest BCUT2D eigenvalue weighted by molar-refractivity contribution is -0.138. The van der Waals surface area contributed by atoms with E-state index >= 15 is 0 Å². The number of aromatic nitrogens is 4. The standard InChI is InChI=1S/C27H20F4N4O2/c28-26-19-13-16(7-10-21(19)34-35-26)23(17-6-8-18(33-14-17)9-11-22(36)37)24(15-3-1-4-15)25-20(27(29,30)31)5-2-12-32-25/h2,5-15H,1,3-4H2,(H,34,35)(H,36,37)/b11-9+,24-23-. The van der Waals surface area contributed by atoms with Crippen LogP contribution in [0.15, 0.2) is 60.9 Å². The third-order valence-electron chi connectivity index (χ3n) is 6.42. The van der Waals surface area contributed by atoms with Gasteiger partial charge in [-0.15, -0.1) is 0 Å². The van der Waals surface area contributed by atoms with Gasteiger partial charge in [0, 0.05) is 24.0 Å². The molecule has 37 heavy (non-hydrogen) atoms. The maximum Gasteiger partial charge on any atom is 0.418 e. The monoisotopic (exact) mass is 508 g/mol. The lowest BCUT2D eigenvalue weighted by Crippen LogP contribution is -2.19. The van der Waals surface area contributed by atoms with Crippen molar-refractivity contribution >= 4 is 34.1 Å². The summed E-state index contributed by atoms with van der Waals surface area (Å²) in [5.41, 5.74) is 1.58. The Kier molecular flexibility index (Phi) is 6.32. The molecular formula is C27H20F4N4O2. The minimum Gasteiger partial charge on any atom is -0.478 e. The number of aliphatic carboxylic acids is 1. The molecule has 1 aromatic carbocycles. The zero-order valence-electron chi connectivity index (χ0n) is 19.3. The number of nitrogens with one attached hydrogen (secondary N) is 1. The first-order valence-corrected chi connectivity index (χ1v) is 11.5. The number of hydrogen-bond donors (Lipinski definition) is 2. The normalized spacial score (nSPS) is 15.1. The van der Waals surface area contributed by atoms with Crippen molar-refractivity contribution in [1.29, 1.82) is 0 Å². The van der Waals surface area contributed by atoms with E-state index in [9.17, 15) is 22.4 Å². The number of halogens is 4. The highest BCUT2D eigenvalue weighted by molar-refractivity contribution is 6.01. The number of rotatable bonds is 6. The van der Waals surface area contributed by atoms with Gasteiger partial charge < -0.3 is 5.11 Å². The van der Waals surface area contributed by atoms with Crippen LogP contribution in [0, 0.1) is 11.9 Å². The molecule has 10 heteroatoms. The SMILES string of the molecule is O=C(O)/C=C/c1ccc(/C(=C(\c2ncccc2C(F)(F)F)C2CCC2)c2ccc3n[nH]c(F)c3c2)cn1. The summed E-state index contributed by atoms with van der Waals surface area (Å²) >= 11 is 0. The molecule has 0 amide bonds. The van der Waals surface area contributed by atoms with Crippen molar-refractivity contribution in [3.8, 4) is 0 Å². The summed E-state index contributed by atoms with van der Waals surface area (Å²) in [6.07, 6.45) is 2.66. The molecule has 3 aromatic heterocycles. The molecule has 0 radical (unpaired) electrons. The minimum atomic E-state index is -4.63. The van der Waals surface area contributed by atoms with Crippen molar-refractivity contribution in [3.05, 3.63) is 95.0 Å². The highest BCUT2D eigenvalue weighted by Gasteiger charge is 2.38. The molecule has 3 heterocycles. The van der Waals surface area contributed by atoms with Crippen LogP contribution in [0.1, 0.15) is 47.3 Å². The molecular weight excluding hydrogens is 488 g/mol. The highest BCUT2D eigenvalue weighted by atomic mass is 19.4. The summed E-state index contributed by atoms with van der Waals surface area (Å²) in [6, 6.07) is 10.3. The van der Waals surface area contributed by atoms with E-state index < -0.39 is 23.7 Å². The van der Waals surface area contributed by atoms with E-state index in [-0.39, 0.29) is 17.0 Å². The van der Waals surface area contributed by atoms with Crippen molar-refractivity contribution in [2.75, 3.05) is 0 Å². The third kappa shape index (κ3) is 4.87. The summed E-state index contributed by atoms with van der Waals surface area (Å²) in [5.74, 6) is -1.98. The number of carboxylic acid groups (broad SMARTS) is 1. The van der Waals surface area contributed by atoms with Gasteiger partial charge in [-0.1, -0.05) is 18.6 Å². The predicted octanol–water partition coefficient (Wildman–Crippen LogP) is 6.37. The number of nitrogens with zero attached hydrogens (tertiary/aromatic N) is 3. The molecule has 6 nitrogen and oxygen atoms in total. The first kappa shape index (κ1) is 24.4. The lowest BCUT2D eigenvalue weighted by Gasteiger charge is -2.32. The molecule has 1 saturated carbocycles. The molecule has 0 unspecified atom stereocenters. The number of allylic oxidation sites excluding steroid dienone is 1. The van der Waals surface area contributed by atoms with Crippen LogP contribution in [0.25, 0.3) is 28.1 Å². The topological polar surface area (TPSA) is 91.8 Å². The molecule has 188 valence electrons. The van der Waals surface area contributed by atoms with Gasteiger partial charge in [-0.3, -0.25) is 15.1 Å². The van der Waals surface area contributed by atoms with Crippen molar-refractivity contribution in [2.45, 2.75) is 25.4 Å². The fourth-order valence-electron chi connectivity index (χ4n) is 4.48. The Morgan fingerprint density at radius 1 is 1.08 bits per heavy atom. The fourth-order valence-corrected chi connectivity index (χ4v) is 4.48. The summed E-state index contributed by atoms with van der Waals surface area (Å²) in [4.78, 5) is 19.3. The Morgan fingerprint density at radius 2 is 1.86 bits per heavy atom. The molecule has 1 aliphatic carbocycles. The maximum atomic E-state index is 14.4. The smallest absolute Gasteiger partial charge is 0.418 e. The molecule has 0 atom stereocenters. The number of aromatic amines is 1. The number of fused-ring (bicyclic) bond motifs is 1. The van der Waals surface area contributed by atoms with E-state index in [4.69, 9.17) is 5.11 Å². The lowest BCUT2D eigenvalue weighted by atomic mass is 9.73. The molecule has 0 aliphatic heterocycles. The second kappa shape index (κ2) is 9.61. The zero-order chi connectivity index (χ0) is 26.2. The van der Waals surface area contributed by atoms with E-state index in [0.717, 1.165) is 18.6 Å². The molecule has 0 bridgehead atoms. The van der Waals surface area contributed by atoms with Crippen LogP contribution in [0.5, 0.6) is 0 Å². The largest absolute Gasteiger partial charge is 0.478 e. The van der Waals surface area contributed by atoms with E-state index in [1.54, 1.807) is 30.3 Å². The zero-order valence-corrected chi connectivity index (χ0v) is 19.3. The number of H-pyrrole nitrogens is 1. The van der Waals surface area contributed by atoms with E-state index in [1.807, 2.05) is 0 Å². The Morgan fingerprint density at radius 3 is 2.51 bits per heavy atom. The summed E-state index contributed by atoms with van der Waals surface area (Å²) < 4.78 is 56.7. The minimum absolute atomic E-state index is 0.169. The molecule has 0 spiro atoms. The van der Waals surface area contributed by atoms with Crippen molar-refractivity contribution < 1.29 is 27.5 Å². The quantitative estimate of drug-likeness (QED) is 0.233. The molecule has 2 N–H and O–H groups in total. The van der Waals surface area contributed by atoms with Crippen LogP contribution >= 0.6 is 0 Å². The molecule has 0 saturated heterocycles. The van der Waals surface area contributed by atoms with E-state index in [2.05, 4.69) is 20.2 Å². The number of carbonyl (C=O) groups is 1. The number of carboxylic acids is 1. The average molecular weight is 508 g/mol. The van der Waals surface area contributed by atoms with Gasteiger partial charge in [-0.2, -0.15) is 22.7 Å². The average Bonchev–Trinajstić information content (AvgIpc) is 3.21.